The Hall–Kier alpha value is -2.17. The molecule has 5 heteroatoms. The van der Waals surface area contributed by atoms with Gasteiger partial charge in [0.05, 0.1) is 11.8 Å². The fourth-order valence-corrected chi connectivity index (χ4v) is 3.48. The monoisotopic (exact) mass is 386 g/mol. The maximum absolute atomic E-state index is 13.3. The number of unbranched alkanes of at least 4 members (excludes halogenated alkanes) is 2. The summed E-state index contributed by atoms with van der Waals surface area (Å²) in [6.45, 7) is 11.6. The van der Waals surface area contributed by atoms with Crippen LogP contribution in [0.15, 0.2) is 35.3 Å². The average molecular weight is 387 g/mol. The number of carbonyl (C=O) groups excluding carboxylic acids is 2. The Morgan fingerprint density at radius 2 is 1.82 bits per heavy atom. The molecule has 1 aliphatic rings. The van der Waals surface area contributed by atoms with Crippen molar-refractivity contribution in [2.24, 2.45) is 10.9 Å². The number of aliphatic imine (C=N–C) groups is 1. The van der Waals surface area contributed by atoms with Gasteiger partial charge in [0.2, 0.25) is 0 Å². The summed E-state index contributed by atoms with van der Waals surface area (Å²) < 4.78 is 5.60. The van der Waals surface area contributed by atoms with Crippen molar-refractivity contribution in [3.05, 3.63) is 35.9 Å². The lowest BCUT2D eigenvalue weighted by atomic mass is 9.89. The van der Waals surface area contributed by atoms with Crippen LogP contribution < -0.4 is 0 Å². The molecule has 28 heavy (non-hydrogen) atoms. The molecule has 0 saturated heterocycles. The molecule has 1 aromatic carbocycles. The molecule has 2 rings (SSSR count). The summed E-state index contributed by atoms with van der Waals surface area (Å²) in [4.78, 5) is 32.5. The van der Waals surface area contributed by atoms with Crippen molar-refractivity contribution in [1.82, 2.24) is 4.90 Å². The lowest BCUT2D eigenvalue weighted by molar-refractivity contribution is -0.134. The molecule has 0 fully saturated rings. The molecule has 5 nitrogen and oxygen atoms in total. The minimum absolute atomic E-state index is 0.0204. The standard InChI is InChI=1S/C23H34N2O3/c1-7-8-10-15-18-21(26)25(22(27)28-23(4,5)6)20(16(2)3)19(24-18)17-13-11-9-12-14-17/h9,11-14,16,18,20H,7-8,10,15H2,1-6H3/t18?,20-/m0/s1. The van der Waals surface area contributed by atoms with Crippen molar-refractivity contribution in [3.8, 4) is 0 Å². The summed E-state index contributed by atoms with van der Waals surface area (Å²) >= 11 is 0. The summed E-state index contributed by atoms with van der Waals surface area (Å²) in [7, 11) is 0. The predicted octanol–water partition coefficient (Wildman–Crippen LogP) is 5.23. The van der Waals surface area contributed by atoms with Crippen LogP contribution in [0.3, 0.4) is 0 Å². The Bertz CT molecular complexity index is 704. The van der Waals surface area contributed by atoms with Gasteiger partial charge in [0.15, 0.2) is 0 Å². The second-order valence-corrected chi connectivity index (χ2v) is 8.77. The minimum atomic E-state index is -0.669. The zero-order chi connectivity index (χ0) is 20.9. The molecule has 0 saturated carbocycles. The Balaban J connectivity index is 2.48. The smallest absolute Gasteiger partial charge is 0.417 e. The number of rotatable bonds is 6. The minimum Gasteiger partial charge on any atom is -0.443 e. The third-order valence-corrected chi connectivity index (χ3v) is 4.75. The lowest BCUT2D eigenvalue weighted by Crippen LogP contribution is -2.58. The van der Waals surface area contributed by atoms with E-state index in [2.05, 4.69) is 6.92 Å². The van der Waals surface area contributed by atoms with Crippen LogP contribution in [0.1, 0.15) is 72.8 Å². The maximum atomic E-state index is 13.3. The first-order valence-electron chi connectivity index (χ1n) is 10.3. The number of benzene rings is 1. The number of hydrogen-bond acceptors (Lipinski definition) is 4. The first-order valence-corrected chi connectivity index (χ1v) is 10.3. The first kappa shape index (κ1) is 22.1. The molecule has 1 aliphatic heterocycles. The van der Waals surface area contributed by atoms with Gasteiger partial charge < -0.3 is 4.74 Å². The first-order chi connectivity index (χ1) is 13.2. The van der Waals surface area contributed by atoms with Gasteiger partial charge in [-0.05, 0) is 38.7 Å². The zero-order valence-corrected chi connectivity index (χ0v) is 18.1. The van der Waals surface area contributed by atoms with Crippen LogP contribution in [-0.4, -0.2) is 40.3 Å². The van der Waals surface area contributed by atoms with E-state index in [0.717, 1.165) is 30.5 Å². The van der Waals surface area contributed by atoms with E-state index in [-0.39, 0.29) is 11.8 Å². The Labute approximate surface area is 169 Å². The highest BCUT2D eigenvalue weighted by Crippen LogP contribution is 2.28. The van der Waals surface area contributed by atoms with Crippen LogP contribution in [0.25, 0.3) is 0 Å². The van der Waals surface area contributed by atoms with Crippen LogP contribution in [0.5, 0.6) is 0 Å². The number of carbonyl (C=O) groups is 2. The summed E-state index contributed by atoms with van der Waals surface area (Å²) in [5.74, 6) is -0.226. The van der Waals surface area contributed by atoms with Crippen molar-refractivity contribution in [1.29, 1.82) is 0 Å². The molecule has 1 unspecified atom stereocenters. The van der Waals surface area contributed by atoms with E-state index >= 15 is 0 Å². The van der Waals surface area contributed by atoms with E-state index in [1.165, 1.54) is 4.90 Å². The van der Waals surface area contributed by atoms with Crippen LogP contribution in [0, 0.1) is 5.92 Å². The van der Waals surface area contributed by atoms with Crippen molar-refractivity contribution < 1.29 is 14.3 Å². The fourth-order valence-electron chi connectivity index (χ4n) is 3.48. The van der Waals surface area contributed by atoms with Gasteiger partial charge in [0.25, 0.3) is 5.91 Å². The largest absolute Gasteiger partial charge is 0.443 e. The summed E-state index contributed by atoms with van der Waals surface area (Å²) in [6, 6.07) is 8.86. The second-order valence-electron chi connectivity index (χ2n) is 8.77. The van der Waals surface area contributed by atoms with E-state index in [4.69, 9.17) is 9.73 Å². The van der Waals surface area contributed by atoms with Gasteiger partial charge in [-0.25, -0.2) is 9.69 Å². The van der Waals surface area contributed by atoms with E-state index in [1.54, 1.807) is 0 Å². The topological polar surface area (TPSA) is 59.0 Å². The van der Waals surface area contributed by atoms with Gasteiger partial charge >= 0.3 is 6.09 Å². The molecular weight excluding hydrogens is 352 g/mol. The molecule has 0 radical (unpaired) electrons. The van der Waals surface area contributed by atoms with Crippen molar-refractivity contribution in [3.63, 3.8) is 0 Å². The van der Waals surface area contributed by atoms with Gasteiger partial charge in [0, 0.05) is 0 Å². The number of ether oxygens (including phenoxy) is 1. The zero-order valence-electron chi connectivity index (χ0n) is 18.1. The fraction of sp³-hybridized carbons (Fsp3) is 0.609. The second kappa shape index (κ2) is 9.35. The van der Waals surface area contributed by atoms with Crippen LogP contribution in [0.2, 0.25) is 0 Å². The quantitative estimate of drug-likeness (QED) is 0.629. The lowest BCUT2D eigenvalue weighted by Gasteiger charge is -2.39. The summed E-state index contributed by atoms with van der Waals surface area (Å²) in [6.07, 6.45) is 3.08. The van der Waals surface area contributed by atoms with E-state index in [9.17, 15) is 9.59 Å². The van der Waals surface area contributed by atoms with Crippen molar-refractivity contribution in [2.75, 3.05) is 0 Å². The van der Waals surface area contributed by atoms with Gasteiger partial charge in [-0.3, -0.25) is 9.79 Å². The maximum Gasteiger partial charge on any atom is 0.417 e. The highest BCUT2D eigenvalue weighted by Gasteiger charge is 2.44. The summed E-state index contributed by atoms with van der Waals surface area (Å²) in [5.41, 5.74) is 1.07. The molecule has 1 aromatic rings. The SMILES string of the molecule is CCCCCC1N=C(c2ccccc2)[C@H](C(C)C)N(C(=O)OC(C)(C)C)C1=O. The molecule has 1 heterocycles. The molecule has 0 aliphatic carbocycles. The molecule has 0 aromatic heterocycles. The molecular formula is C23H34N2O3. The van der Waals surface area contributed by atoms with Crippen LogP contribution in [0.4, 0.5) is 4.79 Å². The number of imide groups is 1. The van der Waals surface area contributed by atoms with Crippen LogP contribution in [-0.2, 0) is 9.53 Å². The normalized spacial score (nSPS) is 20.3. The highest BCUT2D eigenvalue weighted by molar-refractivity contribution is 6.13. The Kier molecular flexibility index (Phi) is 7.39. The molecule has 154 valence electrons. The third-order valence-electron chi connectivity index (χ3n) is 4.75. The molecule has 0 bridgehead atoms. The average Bonchev–Trinajstić information content (AvgIpc) is 2.61. The number of nitrogens with zero attached hydrogens (tertiary/aromatic N) is 2. The number of amides is 2. The predicted molar refractivity (Wildman–Crippen MR) is 113 cm³/mol. The van der Waals surface area contributed by atoms with Gasteiger partial charge in [0.1, 0.15) is 11.6 Å². The van der Waals surface area contributed by atoms with E-state index in [0.29, 0.717) is 6.42 Å². The molecule has 0 spiro atoms. The summed E-state index contributed by atoms with van der Waals surface area (Å²) in [5, 5.41) is 0. The molecule has 2 atom stereocenters. The number of hydrogen-bond donors (Lipinski definition) is 0. The van der Waals surface area contributed by atoms with Crippen LogP contribution >= 0.6 is 0 Å². The van der Waals surface area contributed by atoms with Crippen molar-refractivity contribution >= 4 is 17.7 Å². The Morgan fingerprint density at radius 1 is 1.18 bits per heavy atom. The van der Waals surface area contributed by atoms with E-state index < -0.39 is 23.8 Å². The van der Waals surface area contributed by atoms with Gasteiger partial charge in [-0.15, -0.1) is 0 Å². The molecule has 0 N–H and O–H groups in total. The molecule has 2 amide bonds. The third kappa shape index (κ3) is 5.43. The Morgan fingerprint density at radius 3 is 2.36 bits per heavy atom. The van der Waals surface area contributed by atoms with Gasteiger partial charge in [-0.1, -0.05) is 70.4 Å². The van der Waals surface area contributed by atoms with E-state index in [1.807, 2.05) is 65.0 Å². The van der Waals surface area contributed by atoms with Gasteiger partial charge in [-0.2, -0.15) is 0 Å². The van der Waals surface area contributed by atoms with Crippen molar-refractivity contribution in [2.45, 2.75) is 84.9 Å². The highest BCUT2D eigenvalue weighted by atomic mass is 16.6.